The maximum absolute atomic E-state index is 14.6. The Morgan fingerprint density at radius 2 is 1.67 bits per heavy atom. The molecule has 0 amide bonds. The fourth-order valence-corrected chi connectivity index (χ4v) is 7.97. The second-order valence-electron chi connectivity index (χ2n) is 12.7. The summed E-state index contributed by atoms with van der Waals surface area (Å²) in [7, 11) is 4.68. The highest BCUT2D eigenvalue weighted by molar-refractivity contribution is 6.31. The van der Waals surface area contributed by atoms with Crippen LogP contribution in [0, 0.1) is 6.92 Å². The van der Waals surface area contributed by atoms with Gasteiger partial charge in [0.05, 0.1) is 41.9 Å². The number of hydrogen-bond acceptors (Lipinski definition) is 17. The zero-order chi connectivity index (χ0) is 38.2. The second kappa shape index (κ2) is 13.0. The Balaban J connectivity index is 1.51. The number of aliphatic hydroxyl groups is 3. The number of nitrogens with one attached hydrogen (secondary N) is 1. The van der Waals surface area contributed by atoms with Gasteiger partial charge in [-0.25, -0.2) is 4.79 Å². The number of esters is 1. The first-order chi connectivity index (χ1) is 24.6. The summed E-state index contributed by atoms with van der Waals surface area (Å²) >= 11 is 0. The molecule has 0 aromatic heterocycles. The Kier molecular flexibility index (Phi) is 9.19. The molecule has 2 aromatic carbocycles. The van der Waals surface area contributed by atoms with E-state index >= 15 is 0 Å². The number of methoxy groups -OCH3 is 4. The number of allylic oxidation sites excluding steroid dienone is 2. The standard InChI is InChI=1S/C35H36N2O15/c1-12-7-14-8-19(40)35(51-6)31(45)22-16(30(44)34(35,47)23(14)27(43)20(12)33(46)50-5)9-15-21(26(22)42)18(39)10-17(25(15)41)37-32-29(49-4)24(36-11-38)28(48-3)13(2)52-32/h7,9-10,13,19,28-29,32,37-38,40,42-43,47H,8,11H2,1-6H3/b36-24-/t13-,19+,28-,29+,32-,34-,35+/m0/s1. The number of phenols is 2. The molecule has 52 heavy (non-hydrogen) atoms. The lowest BCUT2D eigenvalue weighted by molar-refractivity contribution is -0.181. The van der Waals surface area contributed by atoms with Crippen molar-refractivity contribution in [2.75, 3.05) is 35.2 Å². The lowest BCUT2D eigenvalue weighted by atomic mass is 9.56. The summed E-state index contributed by atoms with van der Waals surface area (Å²) in [6.07, 6.45) is -5.20. The molecule has 0 bridgehead atoms. The number of carbonyl (C=O) groups excluding carboxylic acids is 5. The first kappa shape index (κ1) is 36.9. The highest BCUT2D eigenvalue weighted by Gasteiger charge is 2.72. The Hall–Kier alpha value is -4.88. The number of fused-ring (bicyclic) bond motifs is 5. The van der Waals surface area contributed by atoms with Crippen molar-refractivity contribution in [2.45, 2.75) is 62.1 Å². The number of aliphatic imine (C=N–C) groups is 1. The fourth-order valence-electron chi connectivity index (χ4n) is 7.97. The molecule has 1 saturated heterocycles. The van der Waals surface area contributed by atoms with Crippen LogP contribution in [0.25, 0.3) is 0 Å². The van der Waals surface area contributed by atoms with Gasteiger partial charge in [0.25, 0.3) is 0 Å². The third-order valence-corrected chi connectivity index (χ3v) is 10.2. The fraction of sp³-hybridized carbons (Fsp3) is 0.429. The predicted octanol–water partition coefficient (Wildman–Crippen LogP) is -0.220. The van der Waals surface area contributed by atoms with Crippen LogP contribution in [0.15, 0.2) is 28.9 Å². The summed E-state index contributed by atoms with van der Waals surface area (Å²) in [6.45, 7) is 2.48. The van der Waals surface area contributed by atoms with Crippen LogP contribution in [-0.4, -0.2) is 132 Å². The van der Waals surface area contributed by atoms with Gasteiger partial charge in [0, 0.05) is 50.5 Å². The van der Waals surface area contributed by atoms with Gasteiger partial charge in [-0.05, 0) is 31.0 Å². The van der Waals surface area contributed by atoms with Crippen molar-refractivity contribution >= 4 is 34.8 Å². The van der Waals surface area contributed by atoms with Gasteiger partial charge in [-0.2, -0.15) is 0 Å². The summed E-state index contributed by atoms with van der Waals surface area (Å²) in [4.78, 5) is 73.5. The molecule has 1 aliphatic heterocycles. The maximum atomic E-state index is 14.6. The van der Waals surface area contributed by atoms with Gasteiger partial charge in [-0.3, -0.25) is 24.2 Å². The van der Waals surface area contributed by atoms with Crippen LogP contribution in [0.3, 0.4) is 0 Å². The topological polar surface area (TPSA) is 257 Å². The van der Waals surface area contributed by atoms with Crippen molar-refractivity contribution in [3.63, 3.8) is 0 Å². The van der Waals surface area contributed by atoms with E-state index < -0.39 is 129 Å². The van der Waals surface area contributed by atoms with Gasteiger partial charge in [-0.1, -0.05) is 6.07 Å². The van der Waals surface area contributed by atoms with Crippen molar-refractivity contribution in [3.05, 3.63) is 68.4 Å². The first-order valence-electron chi connectivity index (χ1n) is 15.9. The molecule has 0 saturated carbocycles. The SMILES string of the molecule is COC(=O)c1c(C)cc2c(c1O)[C@]1(O)C(=O)c3cc4c(c(O)c3C(=O)[C@]1(OC)[C@H](O)C2)C(=O)C=C(N[C@H]1O[C@@H](C)[C@H](OC)/C(=N/CO)[C@H]1OC)C4=O. The van der Waals surface area contributed by atoms with E-state index in [-0.39, 0.29) is 22.5 Å². The Labute approximate surface area is 295 Å². The number of carbonyl (C=O) groups is 5. The Bertz CT molecular complexity index is 2020. The van der Waals surface area contributed by atoms with Crippen molar-refractivity contribution in [1.82, 2.24) is 5.32 Å². The highest BCUT2D eigenvalue weighted by Crippen LogP contribution is 2.56. The number of rotatable bonds is 7. The van der Waals surface area contributed by atoms with Crippen LogP contribution in [0.2, 0.25) is 0 Å². The Morgan fingerprint density at radius 3 is 2.27 bits per heavy atom. The zero-order valence-corrected chi connectivity index (χ0v) is 28.8. The molecule has 7 atom stereocenters. The van der Waals surface area contributed by atoms with E-state index in [9.17, 15) is 49.5 Å². The minimum absolute atomic E-state index is 0.00740. The molecule has 1 fully saturated rings. The van der Waals surface area contributed by atoms with E-state index in [0.29, 0.717) is 0 Å². The van der Waals surface area contributed by atoms with E-state index in [4.69, 9.17) is 23.7 Å². The van der Waals surface area contributed by atoms with Gasteiger partial charge in [-0.15, -0.1) is 0 Å². The molecule has 6 N–H and O–H groups in total. The minimum atomic E-state index is -3.24. The molecule has 1 heterocycles. The third kappa shape index (κ3) is 4.74. The van der Waals surface area contributed by atoms with E-state index in [2.05, 4.69) is 10.3 Å². The predicted molar refractivity (Wildman–Crippen MR) is 175 cm³/mol. The van der Waals surface area contributed by atoms with E-state index in [1.807, 2.05) is 0 Å². The summed E-state index contributed by atoms with van der Waals surface area (Å²) in [5.74, 6) is -7.69. The van der Waals surface area contributed by atoms with Crippen LogP contribution >= 0.6 is 0 Å². The smallest absolute Gasteiger partial charge is 0.341 e. The zero-order valence-electron chi connectivity index (χ0n) is 28.8. The molecule has 4 aliphatic rings. The summed E-state index contributed by atoms with van der Waals surface area (Å²) in [5.41, 5.74) is -9.92. The molecule has 17 nitrogen and oxygen atoms in total. The number of nitrogens with zero attached hydrogens (tertiary/aromatic N) is 1. The molecule has 276 valence electrons. The first-order valence-corrected chi connectivity index (χ1v) is 15.9. The normalized spacial score (nSPS) is 30.3. The molecule has 0 unspecified atom stereocenters. The maximum Gasteiger partial charge on any atom is 0.341 e. The molecule has 0 radical (unpaired) electrons. The summed E-state index contributed by atoms with van der Waals surface area (Å²) in [5, 5.41) is 59.2. The van der Waals surface area contributed by atoms with Gasteiger partial charge in [0.2, 0.25) is 17.3 Å². The second-order valence-corrected chi connectivity index (χ2v) is 12.7. The van der Waals surface area contributed by atoms with Crippen LogP contribution in [0.1, 0.15) is 75.4 Å². The molecule has 3 aliphatic carbocycles. The van der Waals surface area contributed by atoms with Crippen molar-refractivity contribution < 1.29 is 73.2 Å². The summed E-state index contributed by atoms with van der Waals surface area (Å²) < 4.78 is 27.2. The number of aliphatic hydroxyl groups excluding tert-OH is 2. The van der Waals surface area contributed by atoms with E-state index in [1.165, 1.54) is 27.2 Å². The van der Waals surface area contributed by atoms with Gasteiger partial charge >= 0.3 is 5.97 Å². The van der Waals surface area contributed by atoms with Gasteiger partial charge < -0.3 is 54.5 Å². The molecule has 2 aromatic rings. The van der Waals surface area contributed by atoms with E-state index in [0.717, 1.165) is 26.4 Å². The number of ketones is 4. The highest BCUT2D eigenvalue weighted by atomic mass is 16.6. The number of benzene rings is 2. The van der Waals surface area contributed by atoms with E-state index in [1.54, 1.807) is 6.92 Å². The van der Waals surface area contributed by atoms with Crippen molar-refractivity contribution in [3.8, 4) is 11.5 Å². The monoisotopic (exact) mass is 724 g/mol. The molecular formula is C35H36N2O15. The molecule has 0 spiro atoms. The number of hydrogen-bond donors (Lipinski definition) is 6. The molecule has 17 heteroatoms. The number of aryl methyl sites for hydroxylation is 1. The number of aromatic hydroxyl groups is 2. The largest absolute Gasteiger partial charge is 0.507 e. The lowest BCUT2D eigenvalue weighted by Gasteiger charge is -2.52. The number of Topliss-reactive ketones (excluding diaryl/α,β-unsaturated/α-hetero) is 3. The van der Waals surface area contributed by atoms with Gasteiger partial charge in [0.1, 0.15) is 36.0 Å². The van der Waals surface area contributed by atoms with Crippen LogP contribution in [0.5, 0.6) is 11.5 Å². The van der Waals surface area contributed by atoms with Crippen LogP contribution in [-0.2, 0) is 35.7 Å². The van der Waals surface area contributed by atoms with Crippen molar-refractivity contribution in [2.24, 2.45) is 4.99 Å². The average molecular weight is 725 g/mol. The summed E-state index contributed by atoms with van der Waals surface area (Å²) in [6, 6.07) is 2.18. The van der Waals surface area contributed by atoms with Crippen LogP contribution < -0.4 is 5.32 Å². The third-order valence-electron chi connectivity index (χ3n) is 10.2. The van der Waals surface area contributed by atoms with Crippen molar-refractivity contribution in [1.29, 1.82) is 0 Å². The minimum Gasteiger partial charge on any atom is -0.507 e. The van der Waals surface area contributed by atoms with Gasteiger partial charge in [0.15, 0.2) is 23.2 Å². The Morgan fingerprint density at radius 1 is 1.00 bits per heavy atom. The lowest BCUT2D eigenvalue weighted by Crippen LogP contribution is -2.73. The average Bonchev–Trinajstić information content (AvgIpc) is 3.09. The molecule has 6 rings (SSSR count). The van der Waals surface area contributed by atoms with Crippen LogP contribution in [0.4, 0.5) is 0 Å². The number of phenolic OH excluding ortho intramolecular Hbond substituents is 2. The molecular weight excluding hydrogens is 688 g/mol. The number of ether oxygens (including phenoxy) is 5. The quantitative estimate of drug-likeness (QED) is 0.202.